The van der Waals surface area contributed by atoms with E-state index < -0.39 is 10.8 Å². The fourth-order valence-corrected chi connectivity index (χ4v) is 2.70. The summed E-state index contributed by atoms with van der Waals surface area (Å²) in [4.78, 5) is 43.9. The van der Waals surface area contributed by atoms with Crippen LogP contribution in [0.4, 0.5) is 5.69 Å². The Morgan fingerprint density at radius 2 is 1.88 bits per heavy atom. The van der Waals surface area contributed by atoms with Crippen molar-refractivity contribution in [1.82, 2.24) is 14.9 Å². The van der Waals surface area contributed by atoms with Crippen LogP contribution in [-0.2, 0) is 6.54 Å². The number of carbonyl (C=O) groups excluding carboxylic acids is 1. The second-order valence-corrected chi connectivity index (χ2v) is 5.62. The molecule has 0 aliphatic carbocycles. The molecule has 0 atom stereocenters. The lowest BCUT2D eigenvalue weighted by molar-refractivity contribution is -0.385. The van der Waals surface area contributed by atoms with Crippen LogP contribution in [0.15, 0.2) is 53.3 Å². The van der Waals surface area contributed by atoms with E-state index in [1.807, 2.05) is 0 Å². The number of aromatic amines is 1. The molecule has 0 unspecified atom stereocenters. The van der Waals surface area contributed by atoms with E-state index in [1.165, 1.54) is 23.1 Å². The van der Waals surface area contributed by atoms with E-state index in [0.29, 0.717) is 23.3 Å². The minimum absolute atomic E-state index is 0.00230. The van der Waals surface area contributed by atoms with Crippen molar-refractivity contribution >= 4 is 22.5 Å². The highest BCUT2D eigenvalue weighted by Gasteiger charge is 2.24. The largest absolute Gasteiger partial charge is 0.331 e. The van der Waals surface area contributed by atoms with E-state index >= 15 is 0 Å². The van der Waals surface area contributed by atoms with Crippen LogP contribution >= 0.6 is 0 Å². The number of fused-ring (bicyclic) bond motifs is 1. The van der Waals surface area contributed by atoms with Gasteiger partial charge in [-0.3, -0.25) is 19.7 Å². The van der Waals surface area contributed by atoms with Crippen molar-refractivity contribution in [2.75, 3.05) is 6.54 Å². The van der Waals surface area contributed by atoms with Gasteiger partial charge in [-0.25, -0.2) is 4.98 Å². The van der Waals surface area contributed by atoms with E-state index in [9.17, 15) is 19.7 Å². The molecule has 0 spiro atoms. The molecule has 1 heterocycles. The van der Waals surface area contributed by atoms with Crippen LogP contribution < -0.4 is 5.56 Å². The standard InChI is InChI=1S/C18H16N4O4/c1-2-21(18(24)13-8-4-6-10-15(13)22(25)26)11-16-19-14-9-5-3-7-12(14)17(23)20-16/h3-10H,2,11H2,1H3,(H,19,20,23). The summed E-state index contributed by atoms with van der Waals surface area (Å²) in [7, 11) is 0. The van der Waals surface area contributed by atoms with E-state index in [2.05, 4.69) is 9.97 Å². The summed E-state index contributed by atoms with van der Waals surface area (Å²) in [6, 6.07) is 12.7. The predicted octanol–water partition coefficient (Wildman–Crippen LogP) is 2.49. The van der Waals surface area contributed by atoms with Crippen LogP contribution in [0.1, 0.15) is 23.1 Å². The molecular weight excluding hydrogens is 336 g/mol. The topological polar surface area (TPSA) is 109 Å². The summed E-state index contributed by atoms with van der Waals surface area (Å²) in [6.45, 7) is 2.11. The third kappa shape index (κ3) is 3.30. The third-order valence-corrected chi connectivity index (χ3v) is 4.00. The molecule has 0 radical (unpaired) electrons. The molecule has 1 N–H and O–H groups in total. The van der Waals surface area contributed by atoms with Crippen LogP contribution in [0.25, 0.3) is 10.9 Å². The Kier molecular flexibility index (Phi) is 4.74. The summed E-state index contributed by atoms with van der Waals surface area (Å²) in [5, 5.41) is 11.6. The van der Waals surface area contributed by atoms with Crippen LogP contribution in [0, 0.1) is 10.1 Å². The molecule has 26 heavy (non-hydrogen) atoms. The van der Waals surface area contributed by atoms with Crippen molar-refractivity contribution in [3.05, 3.63) is 80.4 Å². The van der Waals surface area contributed by atoms with Gasteiger partial charge >= 0.3 is 0 Å². The fraction of sp³-hybridized carbons (Fsp3) is 0.167. The van der Waals surface area contributed by atoms with Crippen LogP contribution in [0.3, 0.4) is 0 Å². The molecule has 8 nitrogen and oxygen atoms in total. The smallest absolute Gasteiger partial charge is 0.282 e. The van der Waals surface area contributed by atoms with Crippen LogP contribution in [0.2, 0.25) is 0 Å². The maximum atomic E-state index is 12.8. The van der Waals surface area contributed by atoms with Crippen molar-refractivity contribution in [3.8, 4) is 0 Å². The zero-order chi connectivity index (χ0) is 18.7. The number of hydrogen-bond acceptors (Lipinski definition) is 5. The number of nitro benzene ring substituents is 1. The number of nitrogens with zero attached hydrogens (tertiary/aromatic N) is 3. The zero-order valence-electron chi connectivity index (χ0n) is 14.0. The van der Waals surface area contributed by atoms with Gasteiger partial charge in [-0.05, 0) is 25.1 Å². The van der Waals surface area contributed by atoms with Crippen LogP contribution in [-0.4, -0.2) is 32.2 Å². The Hall–Kier alpha value is -3.55. The quantitative estimate of drug-likeness (QED) is 0.560. The molecule has 0 saturated heterocycles. The molecule has 1 amide bonds. The van der Waals surface area contributed by atoms with Crippen LogP contribution in [0.5, 0.6) is 0 Å². The second kappa shape index (κ2) is 7.14. The molecule has 8 heteroatoms. The monoisotopic (exact) mass is 352 g/mol. The normalized spacial score (nSPS) is 10.7. The van der Waals surface area contributed by atoms with Gasteiger partial charge in [0.1, 0.15) is 11.4 Å². The van der Waals surface area contributed by atoms with Gasteiger partial charge in [0.15, 0.2) is 0 Å². The number of nitro groups is 1. The molecular formula is C18H16N4O4. The Labute approximate surface area is 148 Å². The summed E-state index contributed by atoms with van der Waals surface area (Å²) < 4.78 is 0. The van der Waals surface area contributed by atoms with Gasteiger partial charge < -0.3 is 9.88 Å². The Balaban J connectivity index is 1.94. The van der Waals surface area contributed by atoms with E-state index in [-0.39, 0.29) is 23.4 Å². The third-order valence-electron chi connectivity index (χ3n) is 4.00. The first-order valence-electron chi connectivity index (χ1n) is 8.02. The number of rotatable bonds is 5. The molecule has 0 aliphatic rings. The highest BCUT2D eigenvalue weighted by molar-refractivity contribution is 5.98. The number of para-hydroxylation sites is 2. The first-order valence-corrected chi connectivity index (χ1v) is 8.02. The average Bonchev–Trinajstić information content (AvgIpc) is 2.65. The Morgan fingerprint density at radius 1 is 1.19 bits per heavy atom. The molecule has 0 aliphatic heterocycles. The minimum atomic E-state index is -0.586. The maximum absolute atomic E-state index is 12.8. The van der Waals surface area contributed by atoms with Gasteiger partial charge in [-0.2, -0.15) is 0 Å². The highest BCUT2D eigenvalue weighted by atomic mass is 16.6. The molecule has 0 bridgehead atoms. The summed E-state index contributed by atoms with van der Waals surface area (Å²) >= 11 is 0. The molecule has 0 saturated carbocycles. The molecule has 0 fully saturated rings. The first kappa shape index (κ1) is 17.3. The van der Waals surface area contributed by atoms with Crippen molar-refractivity contribution < 1.29 is 9.72 Å². The van der Waals surface area contributed by atoms with E-state index in [1.54, 1.807) is 37.3 Å². The van der Waals surface area contributed by atoms with E-state index in [4.69, 9.17) is 0 Å². The lowest BCUT2D eigenvalue weighted by Gasteiger charge is -2.20. The Morgan fingerprint density at radius 3 is 2.62 bits per heavy atom. The number of aromatic nitrogens is 2. The van der Waals surface area contributed by atoms with E-state index in [0.717, 1.165) is 0 Å². The molecule has 3 aromatic rings. The first-order chi connectivity index (χ1) is 12.5. The van der Waals surface area contributed by atoms with Gasteiger partial charge in [-0.1, -0.05) is 24.3 Å². The number of amides is 1. The number of benzene rings is 2. The number of carbonyl (C=O) groups is 1. The van der Waals surface area contributed by atoms with Gasteiger partial charge in [0.2, 0.25) is 0 Å². The molecule has 1 aromatic heterocycles. The lowest BCUT2D eigenvalue weighted by Crippen LogP contribution is -2.32. The number of nitrogens with one attached hydrogen (secondary N) is 1. The van der Waals surface area contributed by atoms with Gasteiger partial charge in [0.05, 0.1) is 22.4 Å². The zero-order valence-corrected chi connectivity index (χ0v) is 14.0. The number of hydrogen-bond donors (Lipinski definition) is 1. The summed E-state index contributed by atoms with van der Waals surface area (Å²) in [5.74, 6) is -0.168. The molecule has 3 rings (SSSR count). The van der Waals surface area contributed by atoms with Crippen molar-refractivity contribution in [3.63, 3.8) is 0 Å². The SMILES string of the molecule is CCN(Cc1nc2ccccc2c(=O)[nH]1)C(=O)c1ccccc1[N+](=O)[O-]. The molecule has 2 aromatic carbocycles. The van der Waals surface area contributed by atoms with Gasteiger partial charge in [0, 0.05) is 12.6 Å². The van der Waals surface area contributed by atoms with Crippen molar-refractivity contribution in [1.29, 1.82) is 0 Å². The second-order valence-electron chi connectivity index (χ2n) is 5.62. The predicted molar refractivity (Wildman–Crippen MR) is 95.9 cm³/mol. The molecule has 132 valence electrons. The van der Waals surface area contributed by atoms with Gasteiger partial charge in [-0.15, -0.1) is 0 Å². The lowest BCUT2D eigenvalue weighted by atomic mass is 10.1. The average molecular weight is 352 g/mol. The maximum Gasteiger partial charge on any atom is 0.282 e. The Bertz CT molecular complexity index is 1040. The van der Waals surface area contributed by atoms with Crippen molar-refractivity contribution in [2.45, 2.75) is 13.5 Å². The summed E-state index contributed by atoms with van der Waals surface area (Å²) in [6.07, 6.45) is 0. The van der Waals surface area contributed by atoms with Gasteiger partial charge in [0.25, 0.3) is 17.2 Å². The fourth-order valence-electron chi connectivity index (χ4n) is 2.70. The summed E-state index contributed by atoms with van der Waals surface area (Å²) in [5.41, 5.74) is -0.0152. The minimum Gasteiger partial charge on any atom is -0.331 e. The highest BCUT2D eigenvalue weighted by Crippen LogP contribution is 2.20. The number of H-pyrrole nitrogens is 1. The van der Waals surface area contributed by atoms with Crippen molar-refractivity contribution in [2.24, 2.45) is 0 Å².